The molecule has 0 heterocycles. The van der Waals surface area contributed by atoms with Crippen LogP contribution in [0.15, 0.2) is 90.0 Å². The van der Waals surface area contributed by atoms with Crippen molar-refractivity contribution < 1.29 is 9.59 Å². The maximum atomic E-state index is 12.7. The van der Waals surface area contributed by atoms with Crippen LogP contribution in [0, 0.1) is 0 Å². The lowest BCUT2D eigenvalue weighted by atomic mass is 10.0. The van der Waals surface area contributed by atoms with Gasteiger partial charge in [-0.3, -0.25) is 4.79 Å². The van der Waals surface area contributed by atoms with Gasteiger partial charge >= 0.3 is 6.03 Å². The molecule has 3 aromatic rings. The Morgan fingerprint density at radius 2 is 1.37 bits per heavy atom. The van der Waals surface area contributed by atoms with Gasteiger partial charge in [-0.25, -0.2) is 10.2 Å². The molecule has 4 rings (SSSR count). The molecule has 0 aromatic heterocycles. The quantitative estimate of drug-likeness (QED) is 0.431. The first-order valence-corrected chi connectivity index (χ1v) is 9.85. The predicted octanol–water partition coefficient (Wildman–Crippen LogP) is 4.15. The fourth-order valence-electron chi connectivity index (χ4n) is 2.98. The van der Waals surface area contributed by atoms with Gasteiger partial charge in [0.2, 0.25) is 0 Å². The van der Waals surface area contributed by atoms with Gasteiger partial charge < -0.3 is 10.6 Å². The maximum absolute atomic E-state index is 12.7. The molecular weight excluding hydrogens is 376 g/mol. The molecule has 1 saturated carbocycles. The largest absolute Gasteiger partial charge is 0.335 e. The lowest BCUT2D eigenvalue weighted by Gasteiger charge is -2.09. The minimum atomic E-state index is -0.356. The summed E-state index contributed by atoms with van der Waals surface area (Å²) in [6, 6.07) is 26.1. The third-order valence-electron chi connectivity index (χ3n) is 4.66. The topological polar surface area (TPSA) is 82.6 Å². The molecule has 1 aliphatic carbocycles. The van der Waals surface area contributed by atoms with Gasteiger partial charge in [-0.2, -0.15) is 5.10 Å². The van der Waals surface area contributed by atoms with E-state index in [2.05, 4.69) is 21.2 Å². The fourth-order valence-corrected chi connectivity index (χ4v) is 2.98. The lowest BCUT2D eigenvalue weighted by Crippen LogP contribution is -2.30. The van der Waals surface area contributed by atoms with E-state index in [0.717, 1.165) is 24.0 Å². The highest BCUT2D eigenvalue weighted by Gasteiger charge is 2.23. The molecule has 3 N–H and O–H groups in total. The third-order valence-corrected chi connectivity index (χ3v) is 4.66. The highest BCUT2D eigenvalue weighted by Crippen LogP contribution is 2.19. The van der Waals surface area contributed by atoms with Crippen molar-refractivity contribution in [2.45, 2.75) is 18.9 Å². The average Bonchev–Trinajstić information content (AvgIpc) is 3.59. The van der Waals surface area contributed by atoms with Crippen molar-refractivity contribution in [2.75, 3.05) is 5.32 Å². The van der Waals surface area contributed by atoms with Crippen LogP contribution in [0.25, 0.3) is 0 Å². The molecule has 0 spiro atoms. The van der Waals surface area contributed by atoms with Gasteiger partial charge in [0.25, 0.3) is 5.91 Å². The molecule has 6 heteroatoms. The van der Waals surface area contributed by atoms with Gasteiger partial charge in [0.15, 0.2) is 0 Å². The second-order valence-corrected chi connectivity index (χ2v) is 7.09. The molecule has 0 radical (unpaired) electrons. The average molecular weight is 398 g/mol. The summed E-state index contributed by atoms with van der Waals surface area (Å²) in [7, 11) is 0. The smallest absolute Gasteiger partial charge is 0.319 e. The van der Waals surface area contributed by atoms with E-state index in [9.17, 15) is 9.59 Å². The summed E-state index contributed by atoms with van der Waals surface area (Å²) in [4.78, 5) is 24.6. The Kier molecular flexibility index (Phi) is 5.85. The van der Waals surface area contributed by atoms with Crippen molar-refractivity contribution >= 4 is 23.3 Å². The van der Waals surface area contributed by atoms with Crippen molar-refractivity contribution in [1.82, 2.24) is 10.7 Å². The maximum Gasteiger partial charge on any atom is 0.319 e. The highest BCUT2D eigenvalue weighted by molar-refractivity contribution is 6.13. The summed E-state index contributed by atoms with van der Waals surface area (Å²) < 4.78 is 0. The minimum absolute atomic E-state index is 0.261. The number of nitrogens with one attached hydrogen (secondary N) is 3. The van der Waals surface area contributed by atoms with E-state index in [-0.39, 0.29) is 18.0 Å². The molecule has 0 atom stereocenters. The Morgan fingerprint density at radius 1 is 0.767 bits per heavy atom. The van der Waals surface area contributed by atoms with E-state index in [0.29, 0.717) is 17.0 Å². The van der Waals surface area contributed by atoms with E-state index >= 15 is 0 Å². The van der Waals surface area contributed by atoms with Crippen molar-refractivity contribution in [2.24, 2.45) is 5.10 Å². The summed E-state index contributed by atoms with van der Waals surface area (Å²) in [5.41, 5.74) is 6.06. The Morgan fingerprint density at radius 3 is 1.97 bits per heavy atom. The second kappa shape index (κ2) is 9.05. The number of anilines is 1. The van der Waals surface area contributed by atoms with E-state index in [1.165, 1.54) is 0 Å². The number of amides is 3. The fraction of sp³-hybridized carbons (Fsp3) is 0.125. The van der Waals surface area contributed by atoms with Crippen LogP contribution in [0.2, 0.25) is 0 Å². The number of benzene rings is 3. The van der Waals surface area contributed by atoms with Gasteiger partial charge in [0.1, 0.15) is 0 Å². The molecule has 1 fully saturated rings. The van der Waals surface area contributed by atoms with Crippen LogP contribution in [0.1, 0.15) is 34.3 Å². The molecule has 0 saturated heterocycles. The Balaban J connectivity index is 1.50. The van der Waals surface area contributed by atoms with E-state index in [1.54, 1.807) is 24.3 Å². The summed E-state index contributed by atoms with van der Waals surface area (Å²) in [6.45, 7) is 0. The Labute approximate surface area is 175 Å². The number of urea groups is 1. The molecule has 1 aliphatic rings. The number of hydrazone groups is 1. The number of carbonyl (C=O) groups is 2. The van der Waals surface area contributed by atoms with Crippen LogP contribution in [-0.4, -0.2) is 23.7 Å². The van der Waals surface area contributed by atoms with Crippen LogP contribution < -0.4 is 16.1 Å². The Hall–Kier alpha value is -3.93. The van der Waals surface area contributed by atoms with E-state index in [4.69, 9.17) is 0 Å². The molecule has 3 amide bonds. The zero-order valence-electron chi connectivity index (χ0n) is 16.3. The van der Waals surface area contributed by atoms with Crippen LogP contribution >= 0.6 is 0 Å². The van der Waals surface area contributed by atoms with Crippen LogP contribution in [0.5, 0.6) is 0 Å². The molecule has 0 unspecified atom stereocenters. The summed E-state index contributed by atoms with van der Waals surface area (Å²) in [6.07, 6.45) is 2.03. The van der Waals surface area contributed by atoms with Gasteiger partial charge in [0, 0.05) is 28.4 Å². The molecular formula is C24H22N4O2. The van der Waals surface area contributed by atoms with Crippen molar-refractivity contribution in [3.8, 4) is 0 Å². The first-order chi connectivity index (χ1) is 14.7. The number of hydrogen-bond donors (Lipinski definition) is 3. The SMILES string of the molecule is O=C(Nc1cccc(C(=O)NN=C(c2ccccc2)c2ccccc2)c1)NC1CC1. The van der Waals surface area contributed by atoms with E-state index < -0.39 is 0 Å². The summed E-state index contributed by atoms with van der Waals surface area (Å²) in [5, 5.41) is 10.0. The standard InChI is InChI=1S/C24H22N4O2/c29-23(19-12-7-13-21(16-19)26-24(30)25-20-14-15-20)28-27-22(17-8-3-1-4-9-17)18-10-5-2-6-11-18/h1-13,16,20H,14-15H2,(H,28,29)(H2,25,26,30). The van der Waals surface area contributed by atoms with Gasteiger partial charge in [-0.15, -0.1) is 0 Å². The van der Waals surface area contributed by atoms with Crippen molar-refractivity contribution in [3.05, 3.63) is 102 Å². The van der Waals surface area contributed by atoms with E-state index in [1.807, 2.05) is 60.7 Å². The first-order valence-electron chi connectivity index (χ1n) is 9.85. The first kappa shape index (κ1) is 19.4. The van der Waals surface area contributed by atoms with Crippen molar-refractivity contribution in [3.63, 3.8) is 0 Å². The van der Waals surface area contributed by atoms with Crippen LogP contribution in [0.3, 0.4) is 0 Å². The highest BCUT2D eigenvalue weighted by atomic mass is 16.2. The Bertz CT molecular complexity index is 1020. The third kappa shape index (κ3) is 5.11. The molecule has 150 valence electrons. The van der Waals surface area contributed by atoms with Crippen LogP contribution in [-0.2, 0) is 0 Å². The molecule has 30 heavy (non-hydrogen) atoms. The predicted molar refractivity (Wildman–Crippen MR) is 118 cm³/mol. The molecule has 0 bridgehead atoms. The van der Waals surface area contributed by atoms with Gasteiger partial charge in [-0.05, 0) is 31.0 Å². The second-order valence-electron chi connectivity index (χ2n) is 7.09. The summed E-state index contributed by atoms with van der Waals surface area (Å²) in [5.74, 6) is -0.356. The normalized spacial score (nSPS) is 12.5. The number of carbonyl (C=O) groups excluding carboxylic acids is 2. The monoisotopic (exact) mass is 398 g/mol. The number of hydrogen-bond acceptors (Lipinski definition) is 3. The molecule has 3 aromatic carbocycles. The molecule has 6 nitrogen and oxygen atoms in total. The summed E-state index contributed by atoms with van der Waals surface area (Å²) >= 11 is 0. The number of nitrogens with zero attached hydrogens (tertiary/aromatic N) is 1. The minimum Gasteiger partial charge on any atom is -0.335 e. The van der Waals surface area contributed by atoms with Crippen LogP contribution in [0.4, 0.5) is 10.5 Å². The van der Waals surface area contributed by atoms with Crippen molar-refractivity contribution in [1.29, 1.82) is 0 Å². The zero-order valence-corrected chi connectivity index (χ0v) is 16.3. The lowest BCUT2D eigenvalue weighted by molar-refractivity contribution is 0.0955. The van der Waals surface area contributed by atoms with Gasteiger partial charge in [-0.1, -0.05) is 66.7 Å². The number of rotatable bonds is 6. The van der Waals surface area contributed by atoms with Gasteiger partial charge in [0.05, 0.1) is 5.71 Å². The zero-order chi connectivity index (χ0) is 20.8. The molecule has 0 aliphatic heterocycles.